The fourth-order valence-electron chi connectivity index (χ4n) is 2.49. The van der Waals surface area contributed by atoms with E-state index in [2.05, 4.69) is 40.3 Å². The van der Waals surface area contributed by atoms with Crippen LogP contribution >= 0.6 is 15.9 Å². The molecule has 1 N–H and O–H groups in total. The summed E-state index contributed by atoms with van der Waals surface area (Å²) in [6.07, 6.45) is 5.39. The fourth-order valence-corrected chi connectivity index (χ4v) is 3.05. The minimum Gasteiger partial charge on any atom is -0.496 e. The highest BCUT2D eigenvalue weighted by atomic mass is 79.9. The van der Waals surface area contributed by atoms with Crippen LogP contribution in [0.3, 0.4) is 0 Å². The molecule has 0 bridgehead atoms. The molecule has 0 saturated heterocycles. The van der Waals surface area contributed by atoms with Crippen LogP contribution in [0.1, 0.15) is 44.2 Å². The third kappa shape index (κ3) is 3.23. The number of hydrogen-bond acceptors (Lipinski definition) is 2. The molecule has 1 aromatic rings. The largest absolute Gasteiger partial charge is 0.496 e. The molecule has 2 nitrogen and oxygen atoms in total. The Morgan fingerprint density at radius 2 is 2.06 bits per heavy atom. The van der Waals surface area contributed by atoms with Crippen LogP contribution in [0.25, 0.3) is 0 Å². The molecule has 3 heteroatoms. The highest BCUT2D eigenvalue weighted by molar-refractivity contribution is 9.10. The maximum absolute atomic E-state index is 5.25. The van der Waals surface area contributed by atoms with Crippen molar-refractivity contribution in [3.63, 3.8) is 0 Å². The zero-order valence-corrected chi connectivity index (χ0v) is 12.1. The lowest BCUT2D eigenvalue weighted by atomic mass is 10.1. The molecule has 0 aliphatic heterocycles. The molecule has 0 radical (unpaired) electrons. The molecule has 17 heavy (non-hydrogen) atoms. The van der Waals surface area contributed by atoms with E-state index in [-0.39, 0.29) is 0 Å². The molecular formula is C14H20BrNO. The molecule has 1 atom stereocenters. The van der Waals surface area contributed by atoms with Crippen LogP contribution in [0, 0.1) is 0 Å². The van der Waals surface area contributed by atoms with Crippen molar-refractivity contribution in [3.05, 3.63) is 28.2 Å². The van der Waals surface area contributed by atoms with Gasteiger partial charge in [-0.25, -0.2) is 0 Å². The van der Waals surface area contributed by atoms with Crippen molar-refractivity contribution in [2.24, 2.45) is 0 Å². The Morgan fingerprint density at radius 1 is 1.35 bits per heavy atom. The molecule has 0 amide bonds. The van der Waals surface area contributed by atoms with Crippen LogP contribution in [-0.2, 0) is 0 Å². The second kappa shape index (κ2) is 5.87. The Kier molecular flexibility index (Phi) is 4.46. The van der Waals surface area contributed by atoms with Gasteiger partial charge in [0.2, 0.25) is 0 Å². The number of nitrogens with one attached hydrogen (secondary N) is 1. The Bertz CT molecular complexity index is 374. The summed E-state index contributed by atoms with van der Waals surface area (Å²) in [7, 11) is 1.69. The number of methoxy groups -OCH3 is 1. The molecule has 1 unspecified atom stereocenters. The van der Waals surface area contributed by atoms with Crippen molar-refractivity contribution in [1.82, 2.24) is 5.32 Å². The number of benzene rings is 1. The number of ether oxygens (including phenoxy) is 1. The summed E-state index contributed by atoms with van der Waals surface area (Å²) in [6.45, 7) is 2.23. The van der Waals surface area contributed by atoms with Gasteiger partial charge in [0.1, 0.15) is 5.75 Å². The smallest absolute Gasteiger partial charge is 0.133 e. The SMILES string of the molecule is COc1ccc(C(C)NC2CCCC2)cc1Br. The molecule has 94 valence electrons. The molecule has 1 aliphatic rings. The maximum atomic E-state index is 5.25. The zero-order chi connectivity index (χ0) is 12.3. The molecule has 1 aliphatic carbocycles. The van der Waals surface area contributed by atoms with Gasteiger partial charge >= 0.3 is 0 Å². The van der Waals surface area contributed by atoms with E-state index >= 15 is 0 Å². The first-order valence-electron chi connectivity index (χ1n) is 6.30. The molecule has 1 fully saturated rings. The van der Waals surface area contributed by atoms with Gasteiger partial charge in [0.25, 0.3) is 0 Å². The Hall–Kier alpha value is -0.540. The van der Waals surface area contributed by atoms with Gasteiger partial charge in [-0.15, -0.1) is 0 Å². The maximum Gasteiger partial charge on any atom is 0.133 e. The highest BCUT2D eigenvalue weighted by Gasteiger charge is 2.17. The molecular weight excluding hydrogens is 278 g/mol. The van der Waals surface area contributed by atoms with Crippen molar-refractivity contribution < 1.29 is 4.74 Å². The number of hydrogen-bond donors (Lipinski definition) is 1. The quantitative estimate of drug-likeness (QED) is 0.905. The van der Waals surface area contributed by atoms with E-state index in [9.17, 15) is 0 Å². The van der Waals surface area contributed by atoms with Crippen molar-refractivity contribution in [2.75, 3.05) is 7.11 Å². The van der Waals surface area contributed by atoms with Crippen molar-refractivity contribution in [1.29, 1.82) is 0 Å². The molecule has 0 spiro atoms. The standard InChI is InChI=1S/C14H20BrNO/c1-10(16-12-5-3-4-6-12)11-7-8-14(17-2)13(15)9-11/h7-10,12,16H,3-6H2,1-2H3. The Labute approximate surface area is 112 Å². The summed E-state index contributed by atoms with van der Waals surface area (Å²) in [5, 5.41) is 3.70. The normalized spacial score (nSPS) is 18.3. The van der Waals surface area contributed by atoms with E-state index in [0.717, 1.165) is 10.2 Å². The van der Waals surface area contributed by atoms with Crippen molar-refractivity contribution in [2.45, 2.75) is 44.7 Å². The van der Waals surface area contributed by atoms with E-state index in [1.165, 1.54) is 31.2 Å². The predicted octanol–water partition coefficient (Wildman–Crippen LogP) is 4.05. The average Bonchev–Trinajstić information content (AvgIpc) is 2.81. The summed E-state index contributed by atoms with van der Waals surface area (Å²) < 4.78 is 6.27. The summed E-state index contributed by atoms with van der Waals surface area (Å²) in [6, 6.07) is 7.40. The third-order valence-electron chi connectivity index (χ3n) is 3.52. The zero-order valence-electron chi connectivity index (χ0n) is 10.5. The van der Waals surface area contributed by atoms with Gasteiger partial charge < -0.3 is 10.1 Å². The predicted molar refractivity (Wildman–Crippen MR) is 74.5 cm³/mol. The van der Waals surface area contributed by atoms with Gasteiger partial charge in [-0.2, -0.15) is 0 Å². The van der Waals surface area contributed by atoms with Gasteiger partial charge in [0.15, 0.2) is 0 Å². The summed E-state index contributed by atoms with van der Waals surface area (Å²) >= 11 is 3.54. The first-order valence-corrected chi connectivity index (χ1v) is 7.09. The van der Waals surface area contributed by atoms with Crippen LogP contribution in [0.4, 0.5) is 0 Å². The minimum absolute atomic E-state index is 0.403. The van der Waals surface area contributed by atoms with Gasteiger partial charge in [-0.05, 0) is 53.4 Å². The molecule has 0 aromatic heterocycles. The Morgan fingerprint density at radius 3 is 2.65 bits per heavy atom. The van der Waals surface area contributed by atoms with Gasteiger partial charge in [0, 0.05) is 12.1 Å². The Balaban J connectivity index is 2.02. The van der Waals surface area contributed by atoms with E-state index < -0.39 is 0 Å². The van der Waals surface area contributed by atoms with Gasteiger partial charge in [-0.3, -0.25) is 0 Å². The van der Waals surface area contributed by atoms with Gasteiger partial charge in [0.05, 0.1) is 11.6 Å². The lowest BCUT2D eigenvalue weighted by molar-refractivity contribution is 0.411. The van der Waals surface area contributed by atoms with Crippen LogP contribution in [-0.4, -0.2) is 13.2 Å². The van der Waals surface area contributed by atoms with E-state index in [1.807, 2.05) is 6.07 Å². The topological polar surface area (TPSA) is 21.3 Å². The van der Waals surface area contributed by atoms with E-state index in [1.54, 1.807) is 7.11 Å². The number of halogens is 1. The van der Waals surface area contributed by atoms with Gasteiger partial charge in [-0.1, -0.05) is 18.9 Å². The van der Waals surface area contributed by atoms with Crippen molar-refractivity contribution in [3.8, 4) is 5.75 Å². The lowest BCUT2D eigenvalue weighted by Gasteiger charge is -2.20. The highest BCUT2D eigenvalue weighted by Crippen LogP contribution is 2.29. The second-order valence-corrected chi connectivity index (χ2v) is 5.62. The first-order chi connectivity index (χ1) is 8.20. The first kappa shape index (κ1) is 12.9. The van der Waals surface area contributed by atoms with Crippen LogP contribution < -0.4 is 10.1 Å². The molecule has 2 rings (SSSR count). The molecule has 0 heterocycles. The monoisotopic (exact) mass is 297 g/mol. The summed E-state index contributed by atoms with van der Waals surface area (Å²) in [5.41, 5.74) is 1.31. The van der Waals surface area contributed by atoms with Crippen LogP contribution in [0.5, 0.6) is 5.75 Å². The van der Waals surface area contributed by atoms with E-state index in [4.69, 9.17) is 4.74 Å². The summed E-state index contributed by atoms with van der Waals surface area (Å²) in [5.74, 6) is 0.891. The molecule has 1 saturated carbocycles. The fraction of sp³-hybridized carbons (Fsp3) is 0.571. The average molecular weight is 298 g/mol. The summed E-state index contributed by atoms with van der Waals surface area (Å²) in [4.78, 5) is 0. The third-order valence-corrected chi connectivity index (χ3v) is 4.14. The van der Waals surface area contributed by atoms with Crippen molar-refractivity contribution >= 4 is 15.9 Å². The van der Waals surface area contributed by atoms with E-state index in [0.29, 0.717) is 12.1 Å². The lowest BCUT2D eigenvalue weighted by Crippen LogP contribution is -2.28. The minimum atomic E-state index is 0.403. The second-order valence-electron chi connectivity index (χ2n) is 4.76. The number of rotatable bonds is 4. The molecule has 1 aromatic carbocycles. The van der Waals surface area contributed by atoms with Crippen LogP contribution in [0.15, 0.2) is 22.7 Å². The van der Waals surface area contributed by atoms with Crippen LogP contribution in [0.2, 0.25) is 0 Å².